The molecule has 1 aliphatic rings. The average molecular weight is 175 g/mol. The normalized spacial score (nSPS) is 23.0. The van der Waals surface area contributed by atoms with Crippen LogP contribution in [-0.2, 0) is 13.0 Å². The molecule has 1 heterocycles. The first kappa shape index (κ1) is 8.76. The van der Waals surface area contributed by atoms with Gasteiger partial charge in [-0.1, -0.05) is 31.2 Å². The number of hydrogen-bond donors (Lipinski definition) is 1. The van der Waals surface area contributed by atoms with E-state index in [4.69, 9.17) is 0 Å². The summed E-state index contributed by atoms with van der Waals surface area (Å²) in [5.74, 6) is 0.813. The molecule has 0 unspecified atom stereocenters. The Bertz CT molecular complexity index is 280. The maximum Gasteiger partial charge on any atom is 0.0208 e. The van der Waals surface area contributed by atoms with Crippen molar-refractivity contribution in [3.05, 3.63) is 35.4 Å². The molecule has 13 heavy (non-hydrogen) atoms. The highest BCUT2D eigenvalue weighted by Gasteiger charge is 2.09. The van der Waals surface area contributed by atoms with Crippen LogP contribution in [-0.4, -0.2) is 6.54 Å². The number of benzene rings is 1. The number of rotatable bonds is 0. The van der Waals surface area contributed by atoms with Gasteiger partial charge >= 0.3 is 0 Å². The minimum atomic E-state index is 0.813. The molecule has 1 heteroatoms. The lowest BCUT2D eigenvalue weighted by Gasteiger charge is -2.19. The van der Waals surface area contributed by atoms with Gasteiger partial charge in [0.1, 0.15) is 0 Å². The Morgan fingerprint density at radius 1 is 1.23 bits per heavy atom. The number of nitrogens with one attached hydrogen (secondary N) is 1. The Labute approximate surface area is 80.2 Å². The van der Waals surface area contributed by atoms with Crippen LogP contribution in [0.5, 0.6) is 0 Å². The van der Waals surface area contributed by atoms with E-state index < -0.39 is 0 Å². The van der Waals surface area contributed by atoms with Crippen molar-refractivity contribution in [2.24, 2.45) is 5.92 Å². The fraction of sp³-hybridized carbons (Fsp3) is 0.500. The number of aryl methyl sites for hydroxylation is 1. The monoisotopic (exact) mass is 175 g/mol. The van der Waals surface area contributed by atoms with E-state index in [1.165, 1.54) is 24.0 Å². The van der Waals surface area contributed by atoms with E-state index in [0.717, 1.165) is 19.0 Å². The van der Waals surface area contributed by atoms with Gasteiger partial charge in [-0.3, -0.25) is 0 Å². The van der Waals surface area contributed by atoms with Crippen LogP contribution in [0.25, 0.3) is 0 Å². The van der Waals surface area contributed by atoms with E-state index in [0.29, 0.717) is 0 Å². The van der Waals surface area contributed by atoms with Crippen LogP contribution >= 0.6 is 0 Å². The fourth-order valence-corrected chi connectivity index (χ4v) is 1.93. The molecule has 1 aromatic rings. The van der Waals surface area contributed by atoms with Crippen LogP contribution in [0, 0.1) is 5.92 Å². The first-order valence-electron chi connectivity index (χ1n) is 5.14. The van der Waals surface area contributed by atoms with Gasteiger partial charge in [-0.15, -0.1) is 0 Å². The molecule has 1 N–H and O–H groups in total. The molecule has 1 aliphatic heterocycles. The van der Waals surface area contributed by atoms with E-state index in [1.807, 2.05) is 0 Å². The lowest BCUT2D eigenvalue weighted by atomic mass is 9.95. The molecule has 0 aromatic heterocycles. The standard InChI is InChI=1S/C12H17N/c1-10-6-7-11-4-2-3-5-12(11)9-13-8-10/h2-5,10,13H,6-9H2,1H3/t10-/m1/s1. The molecular formula is C12H17N. The summed E-state index contributed by atoms with van der Waals surface area (Å²) in [6, 6.07) is 8.77. The zero-order chi connectivity index (χ0) is 9.10. The summed E-state index contributed by atoms with van der Waals surface area (Å²) >= 11 is 0. The van der Waals surface area contributed by atoms with Crippen molar-refractivity contribution in [3.63, 3.8) is 0 Å². The molecule has 0 fully saturated rings. The van der Waals surface area contributed by atoms with Gasteiger partial charge < -0.3 is 5.32 Å². The third kappa shape index (κ3) is 2.10. The summed E-state index contributed by atoms with van der Waals surface area (Å²) in [4.78, 5) is 0. The van der Waals surface area contributed by atoms with Gasteiger partial charge in [-0.05, 0) is 36.4 Å². The van der Waals surface area contributed by atoms with Crippen LogP contribution in [0.3, 0.4) is 0 Å². The zero-order valence-electron chi connectivity index (χ0n) is 8.22. The predicted molar refractivity (Wildman–Crippen MR) is 55.6 cm³/mol. The summed E-state index contributed by atoms with van der Waals surface area (Å²) in [5.41, 5.74) is 3.01. The Balaban J connectivity index is 2.20. The smallest absolute Gasteiger partial charge is 0.0208 e. The summed E-state index contributed by atoms with van der Waals surface area (Å²) in [5, 5.41) is 3.49. The Morgan fingerprint density at radius 2 is 2.00 bits per heavy atom. The highest BCUT2D eigenvalue weighted by atomic mass is 14.9. The van der Waals surface area contributed by atoms with Gasteiger partial charge in [0.2, 0.25) is 0 Å². The van der Waals surface area contributed by atoms with Crippen molar-refractivity contribution in [1.82, 2.24) is 5.32 Å². The van der Waals surface area contributed by atoms with E-state index in [-0.39, 0.29) is 0 Å². The van der Waals surface area contributed by atoms with E-state index in [9.17, 15) is 0 Å². The molecule has 0 amide bonds. The van der Waals surface area contributed by atoms with Crippen LogP contribution in [0.4, 0.5) is 0 Å². The molecule has 0 aliphatic carbocycles. The lowest BCUT2D eigenvalue weighted by Crippen LogP contribution is -2.24. The van der Waals surface area contributed by atoms with E-state index in [1.54, 1.807) is 0 Å². The Morgan fingerprint density at radius 3 is 2.85 bits per heavy atom. The van der Waals surface area contributed by atoms with Crippen LogP contribution in [0.15, 0.2) is 24.3 Å². The highest BCUT2D eigenvalue weighted by Crippen LogP contribution is 2.16. The highest BCUT2D eigenvalue weighted by molar-refractivity contribution is 5.27. The average Bonchev–Trinajstić information content (AvgIpc) is 2.13. The molecule has 0 bridgehead atoms. The molecule has 70 valence electrons. The van der Waals surface area contributed by atoms with Crippen LogP contribution in [0.2, 0.25) is 0 Å². The van der Waals surface area contributed by atoms with Crippen LogP contribution in [0.1, 0.15) is 24.5 Å². The third-order valence-electron chi connectivity index (χ3n) is 2.83. The second-order valence-electron chi connectivity index (χ2n) is 4.04. The molecule has 0 saturated carbocycles. The van der Waals surface area contributed by atoms with Gasteiger partial charge in [0.05, 0.1) is 0 Å². The summed E-state index contributed by atoms with van der Waals surface area (Å²) in [7, 11) is 0. The van der Waals surface area contributed by atoms with Crippen molar-refractivity contribution in [2.45, 2.75) is 26.3 Å². The maximum atomic E-state index is 3.49. The molecular weight excluding hydrogens is 158 g/mol. The van der Waals surface area contributed by atoms with Gasteiger partial charge in [0.25, 0.3) is 0 Å². The first-order valence-corrected chi connectivity index (χ1v) is 5.14. The lowest BCUT2D eigenvalue weighted by molar-refractivity contribution is 0.467. The van der Waals surface area contributed by atoms with Crippen LogP contribution < -0.4 is 5.32 Å². The van der Waals surface area contributed by atoms with Gasteiger partial charge in [-0.25, -0.2) is 0 Å². The van der Waals surface area contributed by atoms with Gasteiger partial charge in [0, 0.05) is 6.54 Å². The van der Waals surface area contributed by atoms with Crippen molar-refractivity contribution in [2.75, 3.05) is 6.54 Å². The van der Waals surface area contributed by atoms with E-state index in [2.05, 4.69) is 36.5 Å². The Hall–Kier alpha value is -0.820. The molecule has 2 rings (SSSR count). The van der Waals surface area contributed by atoms with Crippen molar-refractivity contribution < 1.29 is 0 Å². The second kappa shape index (κ2) is 3.93. The van der Waals surface area contributed by atoms with Crippen molar-refractivity contribution in [3.8, 4) is 0 Å². The number of hydrogen-bond acceptors (Lipinski definition) is 1. The quantitative estimate of drug-likeness (QED) is 0.638. The summed E-state index contributed by atoms with van der Waals surface area (Å²) < 4.78 is 0. The second-order valence-corrected chi connectivity index (χ2v) is 4.04. The minimum Gasteiger partial charge on any atom is -0.312 e. The van der Waals surface area contributed by atoms with Crippen molar-refractivity contribution in [1.29, 1.82) is 0 Å². The summed E-state index contributed by atoms with van der Waals surface area (Å²) in [6.07, 6.45) is 2.56. The van der Waals surface area contributed by atoms with Crippen molar-refractivity contribution >= 4 is 0 Å². The molecule has 1 atom stereocenters. The topological polar surface area (TPSA) is 12.0 Å². The Kier molecular flexibility index (Phi) is 2.65. The molecule has 1 nitrogen and oxygen atoms in total. The molecule has 0 radical (unpaired) electrons. The maximum absolute atomic E-state index is 3.49. The first-order chi connectivity index (χ1) is 6.36. The largest absolute Gasteiger partial charge is 0.312 e. The zero-order valence-corrected chi connectivity index (χ0v) is 8.22. The fourth-order valence-electron chi connectivity index (χ4n) is 1.93. The molecule has 0 spiro atoms. The van der Waals surface area contributed by atoms with Gasteiger partial charge in [-0.2, -0.15) is 0 Å². The summed E-state index contributed by atoms with van der Waals surface area (Å²) in [6.45, 7) is 4.52. The molecule has 1 aromatic carbocycles. The molecule has 0 saturated heterocycles. The van der Waals surface area contributed by atoms with Gasteiger partial charge in [0.15, 0.2) is 0 Å². The SMILES string of the molecule is C[C@@H]1CCc2ccccc2CNC1. The van der Waals surface area contributed by atoms with E-state index >= 15 is 0 Å². The minimum absolute atomic E-state index is 0.813. The third-order valence-corrected chi connectivity index (χ3v) is 2.83. The number of fused-ring (bicyclic) bond motifs is 1. The predicted octanol–water partition coefficient (Wildman–Crippen LogP) is 2.36.